The van der Waals surface area contributed by atoms with E-state index in [1.165, 1.54) is 10.9 Å². The van der Waals surface area contributed by atoms with Gasteiger partial charge in [-0.25, -0.2) is 4.79 Å². The van der Waals surface area contributed by atoms with Crippen molar-refractivity contribution in [3.8, 4) is 11.3 Å². The average molecular weight is 410 g/mol. The first-order chi connectivity index (χ1) is 14.2. The SMILES string of the molecule is Cn1cc(-c2cc3c(C4CCCN(C(=O)OC(C)(C)C)C4)ccc(CN)c3[nH]2)cn1. The number of nitrogens with one attached hydrogen (secondary N) is 1. The molecule has 1 unspecified atom stereocenters. The van der Waals surface area contributed by atoms with Crippen LogP contribution in [0.3, 0.4) is 0 Å². The Hall–Kier alpha value is -2.80. The number of hydrogen-bond donors (Lipinski definition) is 2. The molecule has 1 saturated heterocycles. The fourth-order valence-corrected chi connectivity index (χ4v) is 4.26. The van der Waals surface area contributed by atoms with Crippen molar-refractivity contribution < 1.29 is 9.53 Å². The molecule has 1 aliphatic rings. The van der Waals surface area contributed by atoms with Gasteiger partial charge in [0.2, 0.25) is 0 Å². The smallest absolute Gasteiger partial charge is 0.410 e. The number of hydrogen-bond acceptors (Lipinski definition) is 4. The van der Waals surface area contributed by atoms with Crippen molar-refractivity contribution in [1.82, 2.24) is 19.7 Å². The first kappa shape index (κ1) is 20.5. The summed E-state index contributed by atoms with van der Waals surface area (Å²) in [4.78, 5) is 18.0. The van der Waals surface area contributed by atoms with Crippen LogP contribution in [0.5, 0.6) is 0 Å². The van der Waals surface area contributed by atoms with E-state index >= 15 is 0 Å². The molecule has 3 N–H and O–H groups in total. The molecule has 2 aromatic heterocycles. The lowest BCUT2D eigenvalue weighted by molar-refractivity contribution is 0.0198. The van der Waals surface area contributed by atoms with Crippen LogP contribution in [0.2, 0.25) is 0 Å². The Morgan fingerprint density at radius 3 is 2.83 bits per heavy atom. The average Bonchev–Trinajstić information content (AvgIpc) is 3.32. The van der Waals surface area contributed by atoms with Crippen LogP contribution in [0.4, 0.5) is 4.79 Å². The van der Waals surface area contributed by atoms with Crippen molar-refractivity contribution in [2.75, 3.05) is 13.1 Å². The van der Waals surface area contributed by atoms with Gasteiger partial charge >= 0.3 is 6.09 Å². The molecule has 3 aromatic rings. The summed E-state index contributed by atoms with van der Waals surface area (Å²) in [5.41, 5.74) is 11.0. The van der Waals surface area contributed by atoms with Gasteiger partial charge in [-0.1, -0.05) is 12.1 Å². The zero-order valence-corrected chi connectivity index (χ0v) is 18.2. The molecule has 1 fully saturated rings. The van der Waals surface area contributed by atoms with E-state index in [4.69, 9.17) is 10.5 Å². The van der Waals surface area contributed by atoms with Gasteiger partial charge in [-0.15, -0.1) is 0 Å². The van der Waals surface area contributed by atoms with Crippen molar-refractivity contribution in [2.45, 2.75) is 51.7 Å². The van der Waals surface area contributed by atoms with Crippen LogP contribution in [0.25, 0.3) is 22.2 Å². The zero-order chi connectivity index (χ0) is 21.5. The number of aryl methyl sites for hydroxylation is 1. The number of carbonyl (C=O) groups is 1. The van der Waals surface area contributed by atoms with Crippen LogP contribution in [-0.4, -0.2) is 44.4 Å². The van der Waals surface area contributed by atoms with Gasteiger partial charge in [0, 0.05) is 55.4 Å². The number of aromatic nitrogens is 3. The highest BCUT2D eigenvalue weighted by Crippen LogP contribution is 2.36. The minimum Gasteiger partial charge on any atom is -0.444 e. The summed E-state index contributed by atoms with van der Waals surface area (Å²) in [7, 11) is 1.91. The van der Waals surface area contributed by atoms with Gasteiger partial charge in [-0.3, -0.25) is 4.68 Å². The number of ether oxygens (including phenoxy) is 1. The van der Waals surface area contributed by atoms with Gasteiger partial charge in [-0.2, -0.15) is 5.10 Å². The first-order valence-corrected chi connectivity index (χ1v) is 10.6. The molecule has 1 aliphatic heterocycles. The maximum absolute atomic E-state index is 12.6. The van der Waals surface area contributed by atoms with Gasteiger partial charge < -0.3 is 20.4 Å². The number of piperidine rings is 1. The van der Waals surface area contributed by atoms with Crippen molar-refractivity contribution in [1.29, 1.82) is 0 Å². The fourth-order valence-electron chi connectivity index (χ4n) is 4.26. The van der Waals surface area contributed by atoms with E-state index < -0.39 is 5.60 Å². The molecule has 7 heteroatoms. The molecule has 3 heterocycles. The Balaban J connectivity index is 1.68. The molecular weight excluding hydrogens is 378 g/mol. The van der Waals surface area contributed by atoms with Gasteiger partial charge in [-0.05, 0) is 50.8 Å². The van der Waals surface area contributed by atoms with Crippen molar-refractivity contribution in [3.63, 3.8) is 0 Å². The Kier molecular flexibility index (Phi) is 5.32. The normalized spacial score (nSPS) is 17.5. The van der Waals surface area contributed by atoms with Crippen LogP contribution < -0.4 is 5.73 Å². The summed E-state index contributed by atoms with van der Waals surface area (Å²) in [5.74, 6) is 0.262. The first-order valence-electron chi connectivity index (χ1n) is 10.6. The lowest BCUT2D eigenvalue weighted by atomic mass is 9.88. The summed E-state index contributed by atoms with van der Waals surface area (Å²) in [6.45, 7) is 7.59. The van der Waals surface area contributed by atoms with Gasteiger partial charge in [0.05, 0.1) is 11.7 Å². The summed E-state index contributed by atoms with van der Waals surface area (Å²) in [6.07, 6.45) is 5.63. The van der Waals surface area contributed by atoms with Crippen LogP contribution in [0.1, 0.15) is 50.7 Å². The number of benzene rings is 1. The van der Waals surface area contributed by atoms with Crippen LogP contribution in [-0.2, 0) is 18.3 Å². The Morgan fingerprint density at radius 1 is 1.37 bits per heavy atom. The quantitative estimate of drug-likeness (QED) is 0.680. The molecule has 160 valence electrons. The van der Waals surface area contributed by atoms with E-state index in [-0.39, 0.29) is 12.0 Å². The van der Waals surface area contributed by atoms with E-state index in [0.29, 0.717) is 13.1 Å². The van der Waals surface area contributed by atoms with Gasteiger partial charge in [0.1, 0.15) is 5.60 Å². The molecule has 7 nitrogen and oxygen atoms in total. The summed E-state index contributed by atoms with van der Waals surface area (Å²) in [5, 5.41) is 5.46. The number of nitrogens with two attached hydrogens (primary N) is 1. The molecule has 1 atom stereocenters. The Bertz CT molecular complexity index is 1060. The summed E-state index contributed by atoms with van der Waals surface area (Å²) >= 11 is 0. The molecule has 4 rings (SSSR count). The summed E-state index contributed by atoms with van der Waals surface area (Å²) in [6, 6.07) is 6.47. The second kappa shape index (κ2) is 7.80. The van der Waals surface area contributed by atoms with Crippen molar-refractivity contribution >= 4 is 17.0 Å². The number of likely N-dealkylation sites (tertiary alicyclic amines) is 1. The molecule has 0 spiro atoms. The predicted molar refractivity (Wildman–Crippen MR) is 118 cm³/mol. The molecule has 0 aliphatic carbocycles. The lowest BCUT2D eigenvalue weighted by Crippen LogP contribution is -2.42. The lowest BCUT2D eigenvalue weighted by Gasteiger charge is -2.34. The second-order valence-electron chi connectivity index (χ2n) is 9.16. The van der Waals surface area contributed by atoms with Crippen LogP contribution in [0.15, 0.2) is 30.6 Å². The number of amides is 1. The maximum Gasteiger partial charge on any atom is 0.410 e. The largest absolute Gasteiger partial charge is 0.444 e. The van der Waals surface area contributed by atoms with E-state index in [2.05, 4.69) is 28.3 Å². The highest BCUT2D eigenvalue weighted by atomic mass is 16.6. The Morgan fingerprint density at radius 2 is 2.17 bits per heavy atom. The number of fused-ring (bicyclic) bond motifs is 1. The molecule has 30 heavy (non-hydrogen) atoms. The van der Waals surface area contributed by atoms with Crippen molar-refractivity contribution in [2.24, 2.45) is 12.8 Å². The maximum atomic E-state index is 12.6. The molecular formula is C23H31N5O2. The van der Waals surface area contributed by atoms with E-state index in [9.17, 15) is 4.79 Å². The number of rotatable bonds is 3. The van der Waals surface area contributed by atoms with Crippen LogP contribution >= 0.6 is 0 Å². The fraction of sp³-hybridized carbons (Fsp3) is 0.478. The molecule has 0 radical (unpaired) electrons. The number of nitrogens with zero attached hydrogens (tertiary/aromatic N) is 3. The zero-order valence-electron chi connectivity index (χ0n) is 18.2. The topological polar surface area (TPSA) is 89.2 Å². The minimum atomic E-state index is -0.487. The summed E-state index contributed by atoms with van der Waals surface area (Å²) < 4.78 is 7.40. The molecule has 0 saturated carbocycles. The van der Waals surface area contributed by atoms with E-state index in [0.717, 1.165) is 41.7 Å². The molecule has 1 aromatic carbocycles. The second-order valence-corrected chi connectivity index (χ2v) is 9.16. The molecule has 0 bridgehead atoms. The van der Waals surface area contributed by atoms with Crippen molar-refractivity contribution in [3.05, 3.63) is 41.7 Å². The Labute approximate surface area is 177 Å². The predicted octanol–water partition coefficient (Wildman–Crippen LogP) is 4.14. The third kappa shape index (κ3) is 4.07. The van der Waals surface area contributed by atoms with E-state index in [1.54, 1.807) is 4.68 Å². The monoisotopic (exact) mass is 409 g/mol. The number of carbonyl (C=O) groups excluding carboxylic acids is 1. The number of H-pyrrole nitrogens is 1. The van der Waals surface area contributed by atoms with E-state index in [1.807, 2.05) is 45.1 Å². The highest BCUT2D eigenvalue weighted by molar-refractivity contribution is 5.91. The third-order valence-electron chi connectivity index (χ3n) is 5.66. The van der Waals surface area contributed by atoms with Gasteiger partial charge in [0.25, 0.3) is 0 Å². The van der Waals surface area contributed by atoms with Crippen LogP contribution in [0, 0.1) is 0 Å². The molecule has 1 amide bonds. The standard InChI is InChI=1S/C23H31N5O2/c1-23(2,3)30-22(29)28-9-5-6-16(14-28)18-8-7-15(11-24)21-19(18)10-20(26-21)17-12-25-27(4)13-17/h7-8,10,12-13,16,26H,5-6,9,11,14,24H2,1-4H3. The number of aromatic amines is 1. The highest BCUT2D eigenvalue weighted by Gasteiger charge is 2.29. The third-order valence-corrected chi connectivity index (χ3v) is 5.66. The van der Waals surface area contributed by atoms with Gasteiger partial charge in [0.15, 0.2) is 0 Å². The minimum absolute atomic E-state index is 0.230.